The van der Waals surface area contributed by atoms with Crippen LogP contribution in [0, 0.1) is 0 Å². The number of carboxylic acid groups (broad SMARTS) is 2. The molecule has 7 heteroatoms. The number of ether oxygens (including phenoxy) is 2. The molecule has 0 unspecified atom stereocenters. The Morgan fingerprint density at radius 3 is 1.35 bits per heavy atom. The van der Waals surface area contributed by atoms with Gasteiger partial charge in [0.15, 0.2) is 0 Å². The second kappa shape index (κ2) is 17.8. The van der Waals surface area contributed by atoms with Crippen LogP contribution in [0.25, 0.3) is 0 Å². The van der Waals surface area contributed by atoms with E-state index in [0.717, 1.165) is 0 Å². The van der Waals surface area contributed by atoms with Crippen molar-refractivity contribution in [2.75, 3.05) is 26.4 Å². The Morgan fingerprint density at radius 1 is 0.882 bits per heavy atom. The summed E-state index contributed by atoms with van der Waals surface area (Å²) in [6, 6.07) is 0. The van der Waals surface area contributed by atoms with Crippen LogP contribution in [-0.2, 0) is 36.1 Å². The maximum absolute atomic E-state index is 9.79. The molecule has 0 aliphatic rings. The predicted octanol–water partition coefficient (Wildman–Crippen LogP) is 0.993. The first kappa shape index (κ1) is 21.6. The number of carboxylic acids is 2. The van der Waals surface area contributed by atoms with Gasteiger partial charge in [-0.1, -0.05) is 0 Å². The molecule has 107 valence electrons. The van der Waals surface area contributed by atoms with E-state index in [2.05, 4.69) is 0 Å². The van der Waals surface area contributed by atoms with Crippen LogP contribution in [0.15, 0.2) is 0 Å². The van der Waals surface area contributed by atoms with Crippen molar-refractivity contribution in [2.24, 2.45) is 0 Å². The minimum Gasteiger partial charge on any atom is -0.481 e. The molecule has 0 fully saturated rings. The Morgan fingerprint density at radius 2 is 1.18 bits per heavy atom. The molecule has 0 aromatic rings. The molecule has 0 atom stereocenters. The third kappa shape index (κ3) is 31.3. The molecule has 0 heterocycles. The summed E-state index contributed by atoms with van der Waals surface area (Å²) in [7, 11) is 0. The normalized spacial score (nSPS) is 8.59. The molecule has 0 bridgehead atoms. The second-order valence-corrected chi connectivity index (χ2v) is 2.68. The summed E-state index contributed by atoms with van der Waals surface area (Å²) in [6.07, 6.45) is 0.210. The SMILES string of the molecule is CCOCCC(=O)O.CCOCCC(=O)O.[Cu]. The van der Waals surface area contributed by atoms with E-state index in [4.69, 9.17) is 19.7 Å². The summed E-state index contributed by atoms with van der Waals surface area (Å²) in [5.41, 5.74) is 0. The van der Waals surface area contributed by atoms with Crippen molar-refractivity contribution in [2.45, 2.75) is 26.7 Å². The van der Waals surface area contributed by atoms with E-state index in [1.165, 1.54) is 0 Å². The Balaban J connectivity index is -0.000000218. The maximum atomic E-state index is 9.79. The molecular formula is C10H20CuO6. The van der Waals surface area contributed by atoms with Gasteiger partial charge in [0.2, 0.25) is 0 Å². The van der Waals surface area contributed by atoms with Gasteiger partial charge in [0.25, 0.3) is 0 Å². The predicted molar refractivity (Wildman–Crippen MR) is 57.5 cm³/mol. The Labute approximate surface area is 112 Å². The molecule has 0 rings (SSSR count). The standard InChI is InChI=1S/2C5H10O3.Cu/c2*1-2-8-4-3-5(6)7;/h2*2-4H2,1H3,(H,6,7);. The van der Waals surface area contributed by atoms with Gasteiger partial charge < -0.3 is 19.7 Å². The molecule has 1 radical (unpaired) electrons. The zero-order valence-corrected chi connectivity index (χ0v) is 11.0. The minimum atomic E-state index is -0.807. The fraction of sp³-hybridized carbons (Fsp3) is 0.800. The average Bonchev–Trinajstić information content (AvgIpc) is 2.18. The fourth-order valence-corrected chi connectivity index (χ4v) is 0.608. The molecule has 0 spiro atoms. The third-order valence-corrected chi connectivity index (χ3v) is 1.33. The molecule has 0 saturated carbocycles. The summed E-state index contributed by atoms with van der Waals surface area (Å²) < 4.78 is 9.53. The molecule has 0 aromatic heterocycles. The molecule has 6 nitrogen and oxygen atoms in total. The number of hydrogen-bond donors (Lipinski definition) is 2. The van der Waals surface area contributed by atoms with Gasteiger partial charge in [-0.2, -0.15) is 0 Å². The van der Waals surface area contributed by atoms with Gasteiger partial charge in [-0.15, -0.1) is 0 Å². The van der Waals surface area contributed by atoms with Crippen molar-refractivity contribution >= 4 is 11.9 Å². The van der Waals surface area contributed by atoms with E-state index in [9.17, 15) is 9.59 Å². The van der Waals surface area contributed by atoms with Crippen LogP contribution in [0.5, 0.6) is 0 Å². The summed E-state index contributed by atoms with van der Waals surface area (Å²) in [5.74, 6) is -1.61. The van der Waals surface area contributed by atoms with Gasteiger partial charge >= 0.3 is 11.9 Å². The van der Waals surface area contributed by atoms with Gasteiger partial charge in [-0.05, 0) is 13.8 Å². The number of rotatable bonds is 8. The monoisotopic (exact) mass is 299 g/mol. The topological polar surface area (TPSA) is 93.1 Å². The van der Waals surface area contributed by atoms with E-state index in [1.54, 1.807) is 0 Å². The molecule has 0 aliphatic carbocycles. The molecular weight excluding hydrogens is 280 g/mol. The van der Waals surface area contributed by atoms with Crippen LogP contribution in [0.1, 0.15) is 26.7 Å². The summed E-state index contributed by atoms with van der Waals surface area (Å²) in [6.45, 7) is 5.50. The van der Waals surface area contributed by atoms with Crippen LogP contribution >= 0.6 is 0 Å². The average molecular weight is 300 g/mol. The van der Waals surface area contributed by atoms with Gasteiger partial charge in [-0.25, -0.2) is 0 Å². The van der Waals surface area contributed by atoms with E-state index in [-0.39, 0.29) is 29.9 Å². The van der Waals surface area contributed by atoms with E-state index in [1.807, 2.05) is 13.8 Å². The second-order valence-electron chi connectivity index (χ2n) is 2.68. The van der Waals surface area contributed by atoms with Crippen molar-refractivity contribution in [3.63, 3.8) is 0 Å². The van der Waals surface area contributed by atoms with E-state index in [0.29, 0.717) is 26.4 Å². The summed E-state index contributed by atoms with van der Waals surface area (Å²) >= 11 is 0. The van der Waals surface area contributed by atoms with Gasteiger partial charge in [0.1, 0.15) is 0 Å². The molecule has 0 aromatic carbocycles. The minimum absolute atomic E-state index is 0. The van der Waals surface area contributed by atoms with Crippen molar-refractivity contribution in [1.29, 1.82) is 0 Å². The fourth-order valence-electron chi connectivity index (χ4n) is 0.608. The first-order valence-electron chi connectivity index (χ1n) is 5.13. The third-order valence-electron chi connectivity index (χ3n) is 1.33. The largest absolute Gasteiger partial charge is 0.481 e. The zero-order chi connectivity index (χ0) is 12.8. The summed E-state index contributed by atoms with van der Waals surface area (Å²) in [4.78, 5) is 19.6. The first-order chi connectivity index (χ1) is 7.54. The first-order valence-corrected chi connectivity index (χ1v) is 5.13. The van der Waals surface area contributed by atoms with Crippen LogP contribution in [0.2, 0.25) is 0 Å². The van der Waals surface area contributed by atoms with Crippen molar-refractivity contribution < 1.29 is 46.3 Å². The molecule has 0 aliphatic heterocycles. The van der Waals surface area contributed by atoms with Gasteiger partial charge in [0, 0.05) is 30.3 Å². The molecule has 0 amide bonds. The van der Waals surface area contributed by atoms with Crippen LogP contribution in [-0.4, -0.2) is 48.6 Å². The Bertz CT molecular complexity index is 166. The zero-order valence-electron chi connectivity index (χ0n) is 10.1. The quantitative estimate of drug-likeness (QED) is 0.513. The van der Waals surface area contributed by atoms with Gasteiger partial charge in [0.05, 0.1) is 26.1 Å². The number of hydrogen-bond acceptors (Lipinski definition) is 4. The van der Waals surface area contributed by atoms with Crippen LogP contribution in [0.3, 0.4) is 0 Å². The number of carbonyl (C=O) groups is 2. The van der Waals surface area contributed by atoms with E-state index >= 15 is 0 Å². The molecule has 0 saturated heterocycles. The Kier molecular flexibility index (Phi) is 22.6. The van der Waals surface area contributed by atoms with Crippen LogP contribution < -0.4 is 0 Å². The summed E-state index contributed by atoms with van der Waals surface area (Å²) in [5, 5.41) is 16.1. The molecule has 17 heavy (non-hydrogen) atoms. The molecule has 2 N–H and O–H groups in total. The van der Waals surface area contributed by atoms with Crippen molar-refractivity contribution in [1.82, 2.24) is 0 Å². The van der Waals surface area contributed by atoms with Crippen molar-refractivity contribution in [3.05, 3.63) is 0 Å². The van der Waals surface area contributed by atoms with Gasteiger partial charge in [-0.3, -0.25) is 9.59 Å². The smallest absolute Gasteiger partial charge is 0.305 e. The van der Waals surface area contributed by atoms with Crippen LogP contribution in [0.4, 0.5) is 0 Å². The maximum Gasteiger partial charge on any atom is 0.305 e. The van der Waals surface area contributed by atoms with Crippen molar-refractivity contribution in [3.8, 4) is 0 Å². The number of aliphatic carboxylic acids is 2. The Hall–Kier alpha value is -0.621. The van der Waals surface area contributed by atoms with E-state index < -0.39 is 11.9 Å².